The second kappa shape index (κ2) is 7.46. The quantitative estimate of drug-likeness (QED) is 0.870. The van der Waals surface area contributed by atoms with E-state index in [1.165, 1.54) is 7.11 Å². The summed E-state index contributed by atoms with van der Waals surface area (Å²) in [7, 11) is 1.42. The number of hydrogen-bond donors (Lipinski definition) is 1. The Kier molecular flexibility index (Phi) is 5.62. The van der Waals surface area contributed by atoms with Gasteiger partial charge >= 0.3 is 5.97 Å². The Morgan fingerprint density at radius 2 is 1.90 bits per heavy atom. The molecule has 1 aromatic rings. The van der Waals surface area contributed by atoms with E-state index < -0.39 is 0 Å². The lowest BCUT2D eigenvalue weighted by atomic mass is 9.86. The van der Waals surface area contributed by atoms with Crippen LogP contribution in [0.15, 0.2) is 24.3 Å². The number of carbonyl (C=O) groups excluding carboxylic acids is 2. The van der Waals surface area contributed by atoms with E-state index in [4.69, 9.17) is 16.3 Å². The monoisotopic (exact) mass is 309 g/mol. The Hall–Kier alpha value is -1.55. The van der Waals surface area contributed by atoms with Crippen LogP contribution < -0.4 is 5.32 Å². The summed E-state index contributed by atoms with van der Waals surface area (Å²) in [5.41, 5.74) is 0.833. The zero-order valence-electron chi connectivity index (χ0n) is 12.1. The lowest BCUT2D eigenvalue weighted by Gasteiger charge is -2.27. The zero-order chi connectivity index (χ0) is 15.2. The smallest absolute Gasteiger partial charge is 0.308 e. The first-order valence-electron chi connectivity index (χ1n) is 7.20. The third-order valence-electron chi connectivity index (χ3n) is 3.94. The molecule has 1 fully saturated rings. The summed E-state index contributed by atoms with van der Waals surface area (Å²) in [4.78, 5) is 23.5. The van der Waals surface area contributed by atoms with Crippen molar-refractivity contribution in [3.8, 4) is 0 Å². The maximum atomic E-state index is 12.0. The number of benzene rings is 1. The van der Waals surface area contributed by atoms with Gasteiger partial charge < -0.3 is 10.1 Å². The van der Waals surface area contributed by atoms with Gasteiger partial charge in [0.2, 0.25) is 5.91 Å². The number of carbonyl (C=O) groups is 2. The summed E-state index contributed by atoms with van der Waals surface area (Å²) >= 11 is 6.05. The van der Waals surface area contributed by atoms with Crippen LogP contribution in [-0.2, 0) is 20.7 Å². The third-order valence-corrected chi connectivity index (χ3v) is 4.30. The van der Waals surface area contributed by atoms with Crippen molar-refractivity contribution >= 4 is 23.5 Å². The second-order valence-electron chi connectivity index (χ2n) is 5.41. The fraction of sp³-hybridized carbons (Fsp3) is 0.500. The van der Waals surface area contributed by atoms with Crippen LogP contribution in [0.1, 0.15) is 31.2 Å². The first-order chi connectivity index (χ1) is 10.1. The van der Waals surface area contributed by atoms with Crippen molar-refractivity contribution in [3.63, 3.8) is 0 Å². The average molecular weight is 310 g/mol. The van der Waals surface area contributed by atoms with Gasteiger partial charge in [-0.2, -0.15) is 0 Å². The molecule has 0 aliphatic heterocycles. The molecule has 0 unspecified atom stereocenters. The van der Waals surface area contributed by atoms with Crippen LogP contribution in [0, 0.1) is 5.92 Å². The van der Waals surface area contributed by atoms with Crippen molar-refractivity contribution in [3.05, 3.63) is 34.9 Å². The normalized spacial score (nSPS) is 21.6. The van der Waals surface area contributed by atoms with Gasteiger partial charge in [-0.25, -0.2) is 0 Å². The van der Waals surface area contributed by atoms with Crippen molar-refractivity contribution in [2.24, 2.45) is 5.92 Å². The second-order valence-corrected chi connectivity index (χ2v) is 5.81. The fourth-order valence-corrected chi connectivity index (χ4v) is 2.94. The third kappa shape index (κ3) is 4.46. The predicted octanol–water partition coefficient (Wildman–Crippen LogP) is 2.73. The molecule has 1 N–H and O–H groups in total. The first-order valence-corrected chi connectivity index (χ1v) is 7.58. The molecule has 0 bridgehead atoms. The number of rotatable bonds is 4. The molecule has 21 heavy (non-hydrogen) atoms. The highest BCUT2D eigenvalue weighted by Gasteiger charge is 2.27. The Morgan fingerprint density at radius 3 is 2.52 bits per heavy atom. The number of methoxy groups -OCH3 is 1. The average Bonchev–Trinajstić information content (AvgIpc) is 2.49. The van der Waals surface area contributed by atoms with E-state index >= 15 is 0 Å². The van der Waals surface area contributed by atoms with Crippen LogP contribution in [0.3, 0.4) is 0 Å². The molecular formula is C16H20ClNO3. The van der Waals surface area contributed by atoms with Gasteiger partial charge in [-0.1, -0.05) is 29.8 Å². The number of amides is 1. The molecule has 0 saturated heterocycles. The minimum absolute atomic E-state index is 0.0216. The molecule has 5 heteroatoms. The van der Waals surface area contributed by atoms with Gasteiger partial charge in [0.25, 0.3) is 0 Å². The molecule has 0 atom stereocenters. The molecule has 1 amide bonds. The van der Waals surface area contributed by atoms with E-state index in [2.05, 4.69) is 5.32 Å². The summed E-state index contributed by atoms with van der Waals surface area (Å²) in [6.45, 7) is 0. The summed E-state index contributed by atoms with van der Waals surface area (Å²) in [5.74, 6) is -0.188. The SMILES string of the molecule is COC(=O)C1CCC(NC(=O)Cc2ccccc2Cl)CC1. The number of esters is 1. The number of ether oxygens (including phenoxy) is 1. The Bertz CT molecular complexity index is 510. The minimum Gasteiger partial charge on any atom is -0.469 e. The number of hydrogen-bond acceptors (Lipinski definition) is 3. The maximum absolute atomic E-state index is 12.0. The lowest BCUT2D eigenvalue weighted by molar-refractivity contribution is -0.146. The molecule has 0 aromatic heterocycles. The van der Waals surface area contributed by atoms with Crippen molar-refractivity contribution < 1.29 is 14.3 Å². The molecule has 0 spiro atoms. The highest BCUT2D eigenvalue weighted by atomic mass is 35.5. The summed E-state index contributed by atoms with van der Waals surface area (Å²) in [6, 6.07) is 7.50. The summed E-state index contributed by atoms with van der Waals surface area (Å²) in [6.07, 6.45) is 3.45. The topological polar surface area (TPSA) is 55.4 Å². The molecule has 1 aromatic carbocycles. The van der Waals surface area contributed by atoms with Crippen LogP contribution in [-0.4, -0.2) is 25.0 Å². The van der Waals surface area contributed by atoms with E-state index in [1.54, 1.807) is 6.07 Å². The minimum atomic E-state index is -0.143. The van der Waals surface area contributed by atoms with Crippen LogP contribution in [0.25, 0.3) is 0 Å². The highest BCUT2D eigenvalue weighted by molar-refractivity contribution is 6.31. The van der Waals surface area contributed by atoms with Crippen LogP contribution >= 0.6 is 11.6 Å². The van der Waals surface area contributed by atoms with Crippen LogP contribution in [0.4, 0.5) is 0 Å². The Balaban J connectivity index is 1.80. The van der Waals surface area contributed by atoms with Gasteiger partial charge in [-0.05, 0) is 37.3 Å². The van der Waals surface area contributed by atoms with Crippen LogP contribution in [0.5, 0.6) is 0 Å². The van der Waals surface area contributed by atoms with Gasteiger partial charge in [-0.15, -0.1) is 0 Å². The zero-order valence-corrected chi connectivity index (χ0v) is 12.9. The standard InChI is InChI=1S/C16H20ClNO3/c1-21-16(20)11-6-8-13(9-7-11)18-15(19)10-12-4-2-3-5-14(12)17/h2-5,11,13H,6-10H2,1H3,(H,18,19). The van der Waals surface area contributed by atoms with E-state index in [-0.39, 0.29) is 30.3 Å². The van der Waals surface area contributed by atoms with Gasteiger partial charge in [-0.3, -0.25) is 9.59 Å². The number of nitrogens with one attached hydrogen (secondary N) is 1. The van der Waals surface area contributed by atoms with Crippen molar-refractivity contribution in [2.45, 2.75) is 38.1 Å². The van der Waals surface area contributed by atoms with Gasteiger partial charge in [0.15, 0.2) is 0 Å². The molecular weight excluding hydrogens is 290 g/mol. The van der Waals surface area contributed by atoms with Gasteiger partial charge in [0.05, 0.1) is 19.4 Å². The Labute approximate surface area is 129 Å². The summed E-state index contributed by atoms with van der Waals surface area (Å²) in [5, 5.41) is 3.64. The molecule has 0 radical (unpaired) electrons. The highest BCUT2D eigenvalue weighted by Crippen LogP contribution is 2.25. The van der Waals surface area contributed by atoms with Crippen molar-refractivity contribution in [2.75, 3.05) is 7.11 Å². The number of halogens is 1. The largest absolute Gasteiger partial charge is 0.469 e. The Morgan fingerprint density at radius 1 is 1.24 bits per heavy atom. The van der Waals surface area contributed by atoms with Crippen molar-refractivity contribution in [1.82, 2.24) is 5.32 Å². The van der Waals surface area contributed by atoms with E-state index in [1.807, 2.05) is 18.2 Å². The molecule has 114 valence electrons. The molecule has 1 aliphatic carbocycles. The van der Waals surface area contributed by atoms with E-state index in [0.29, 0.717) is 5.02 Å². The molecule has 1 aliphatic rings. The maximum Gasteiger partial charge on any atom is 0.308 e. The predicted molar refractivity (Wildman–Crippen MR) is 81.1 cm³/mol. The van der Waals surface area contributed by atoms with E-state index in [0.717, 1.165) is 31.2 Å². The van der Waals surface area contributed by atoms with Gasteiger partial charge in [0.1, 0.15) is 0 Å². The fourth-order valence-electron chi connectivity index (χ4n) is 2.73. The molecule has 2 rings (SSSR count). The molecule has 4 nitrogen and oxygen atoms in total. The van der Waals surface area contributed by atoms with Gasteiger partial charge in [0, 0.05) is 11.1 Å². The molecule has 1 saturated carbocycles. The van der Waals surface area contributed by atoms with Crippen molar-refractivity contribution in [1.29, 1.82) is 0 Å². The first kappa shape index (κ1) is 15.8. The lowest BCUT2D eigenvalue weighted by Crippen LogP contribution is -2.39. The molecule has 0 heterocycles. The van der Waals surface area contributed by atoms with E-state index in [9.17, 15) is 9.59 Å². The summed E-state index contributed by atoms with van der Waals surface area (Å²) < 4.78 is 4.76. The van der Waals surface area contributed by atoms with Crippen LogP contribution in [0.2, 0.25) is 5.02 Å².